The van der Waals surface area contributed by atoms with E-state index in [4.69, 9.17) is 4.42 Å². The summed E-state index contributed by atoms with van der Waals surface area (Å²) in [5.74, 6) is 0.579. The minimum absolute atomic E-state index is 0.0897. The monoisotopic (exact) mass is 414 g/mol. The fourth-order valence-electron chi connectivity index (χ4n) is 3.19. The zero-order valence-corrected chi connectivity index (χ0v) is 16.9. The molecule has 7 heteroatoms. The van der Waals surface area contributed by atoms with Crippen LogP contribution in [-0.4, -0.2) is 22.4 Å². The van der Waals surface area contributed by atoms with E-state index in [0.717, 1.165) is 10.6 Å². The Bertz CT molecular complexity index is 970. The number of carbonyl (C=O) groups excluding carboxylic acids is 1. The number of thiophene rings is 1. The highest BCUT2D eigenvalue weighted by molar-refractivity contribution is 8.00. The molecule has 2 aromatic heterocycles. The Labute approximate surface area is 171 Å². The first-order valence-corrected chi connectivity index (χ1v) is 10.9. The van der Waals surface area contributed by atoms with E-state index in [2.05, 4.69) is 5.10 Å². The second kappa shape index (κ2) is 8.32. The molecule has 0 bridgehead atoms. The van der Waals surface area contributed by atoms with Crippen LogP contribution in [-0.2, 0) is 4.79 Å². The molecule has 0 radical (unpaired) electrons. The SMILES string of the molecule is CC(SCC(=O)N1N=C(c2ccco2)CC1c1cccs1)c1ccccc1F. The fourth-order valence-corrected chi connectivity index (χ4v) is 4.90. The summed E-state index contributed by atoms with van der Waals surface area (Å²) >= 11 is 3.03. The lowest BCUT2D eigenvalue weighted by atomic mass is 10.1. The normalized spacial score (nSPS) is 17.6. The molecule has 3 heterocycles. The van der Waals surface area contributed by atoms with Crippen molar-refractivity contribution in [1.29, 1.82) is 0 Å². The van der Waals surface area contributed by atoms with Crippen LogP contribution in [0.3, 0.4) is 0 Å². The van der Waals surface area contributed by atoms with E-state index in [1.54, 1.807) is 34.7 Å². The van der Waals surface area contributed by atoms with E-state index in [-0.39, 0.29) is 28.8 Å². The highest BCUT2D eigenvalue weighted by Crippen LogP contribution is 2.37. The Morgan fingerprint density at radius 1 is 1.32 bits per heavy atom. The second-order valence-electron chi connectivity index (χ2n) is 6.47. The van der Waals surface area contributed by atoms with Gasteiger partial charge in [0, 0.05) is 22.1 Å². The second-order valence-corrected chi connectivity index (χ2v) is 8.78. The third kappa shape index (κ3) is 3.91. The Morgan fingerprint density at radius 3 is 2.89 bits per heavy atom. The summed E-state index contributed by atoms with van der Waals surface area (Å²) in [7, 11) is 0. The fraction of sp³-hybridized carbons (Fsp3) is 0.238. The number of carbonyl (C=O) groups is 1. The molecule has 0 saturated carbocycles. The van der Waals surface area contributed by atoms with Gasteiger partial charge in [-0.2, -0.15) is 5.10 Å². The molecule has 0 spiro atoms. The summed E-state index contributed by atoms with van der Waals surface area (Å²) in [5, 5.41) is 8.00. The van der Waals surface area contributed by atoms with Gasteiger partial charge in [-0.3, -0.25) is 4.79 Å². The largest absolute Gasteiger partial charge is 0.463 e. The molecule has 0 fully saturated rings. The lowest BCUT2D eigenvalue weighted by Gasteiger charge is -2.21. The summed E-state index contributed by atoms with van der Waals surface area (Å²) in [6.07, 6.45) is 2.22. The van der Waals surface area contributed by atoms with Crippen LogP contribution in [0.4, 0.5) is 4.39 Å². The van der Waals surface area contributed by atoms with E-state index in [9.17, 15) is 9.18 Å². The highest BCUT2D eigenvalue weighted by atomic mass is 32.2. The van der Waals surface area contributed by atoms with E-state index in [1.807, 2.05) is 42.6 Å². The van der Waals surface area contributed by atoms with Crippen LogP contribution in [0.25, 0.3) is 0 Å². The first kappa shape index (κ1) is 19.0. The van der Waals surface area contributed by atoms with Crippen LogP contribution < -0.4 is 0 Å². The molecule has 1 aliphatic heterocycles. The topological polar surface area (TPSA) is 45.8 Å². The molecule has 0 aliphatic carbocycles. The van der Waals surface area contributed by atoms with Gasteiger partial charge in [0.1, 0.15) is 17.3 Å². The predicted octanol–water partition coefficient (Wildman–Crippen LogP) is 5.65. The van der Waals surface area contributed by atoms with Crippen molar-refractivity contribution in [3.8, 4) is 0 Å². The van der Waals surface area contributed by atoms with E-state index < -0.39 is 0 Å². The van der Waals surface area contributed by atoms with Crippen LogP contribution in [0, 0.1) is 5.82 Å². The standard InChI is InChI=1S/C21H19FN2O2S2/c1-14(15-6-2-3-7-16(15)22)28-13-21(25)24-18(20-9-5-11-27-20)12-17(23-24)19-8-4-10-26-19/h2-11,14,18H,12-13H2,1H3. The number of hydrogen-bond acceptors (Lipinski definition) is 5. The van der Waals surface area contributed by atoms with Crippen molar-refractivity contribution in [2.75, 3.05) is 5.75 Å². The number of furan rings is 1. The molecule has 1 aliphatic rings. The van der Waals surface area contributed by atoms with Crippen molar-refractivity contribution in [3.63, 3.8) is 0 Å². The van der Waals surface area contributed by atoms with Crippen molar-refractivity contribution in [1.82, 2.24) is 5.01 Å². The van der Waals surface area contributed by atoms with Gasteiger partial charge in [0.25, 0.3) is 5.91 Å². The quantitative estimate of drug-likeness (QED) is 0.523. The first-order valence-electron chi connectivity index (χ1n) is 8.96. The molecule has 2 unspecified atom stereocenters. The van der Waals surface area contributed by atoms with Crippen LogP contribution in [0.15, 0.2) is 69.7 Å². The van der Waals surface area contributed by atoms with Crippen molar-refractivity contribution in [2.24, 2.45) is 5.10 Å². The molecule has 1 aromatic carbocycles. The smallest absolute Gasteiger partial charge is 0.253 e. The number of rotatable bonds is 6. The first-order chi connectivity index (χ1) is 13.6. The van der Waals surface area contributed by atoms with Crippen LogP contribution in [0.5, 0.6) is 0 Å². The molecule has 4 nitrogen and oxygen atoms in total. The van der Waals surface area contributed by atoms with E-state index >= 15 is 0 Å². The minimum atomic E-state index is -0.245. The van der Waals surface area contributed by atoms with Crippen molar-refractivity contribution in [3.05, 3.63) is 82.2 Å². The average Bonchev–Trinajstić information content (AvgIpc) is 3.46. The van der Waals surface area contributed by atoms with Gasteiger partial charge in [0.2, 0.25) is 0 Å². The van der Waals surface area contributed by atoms with Gasteiger partial charge in [-0.1, -0.05) is 24.3 Å². The third-order valence-corrected chi connectivity index (χ3v) is 6.78. The van der Waals surface area contributed by atoms with Crippen molar-refractivity contribution in [2.45, 2.75) is 24.6 Å². The van der Waals surface area contributed by atoms with Crippen molar-refractivity contribution < 1.29 is 13.6 Å². The number of benzene rings is 1. The third-order valence-electron chi connectivity index (χ3n) is 4.64. The maximum atomic E-state index is 14.0. The minimum Gasteiger partial charge on any atom is -0.463 e. The number of nitrogens with zero attached hydrogens (tertiary/aromatic N) is 2. The Hall–Kier alpha value is -2.38. The Balaban J connectivity index is 1.49. The Morgan fingerprint density at radius 2 is 2.18 bits per heavy atom. The Kier molecular flexibility index (Phi) is 5.64. The van der Waals surface area contributed by atoms with Crippen LogP contribution in [0.1, 0.15) is 40.8 Å². The highest BCUT2D eigenvalue weighted by Gasteiger charge is 2.34. The average molecular weight is 415 g/mol. The molecule has 1 amide bonds. The van der Waals surface area contributed by atoms with Gasteiger partial charge in [-0.05, 0) is 36.6 Å². The van der Waals surface area contributed by atoms with Crippen LogP contribution in [0.2, 0.25) is 0 Å². The number of halogens is 1. The molecular weight excluding hydrogens is 395 g/mol. The van der Waals surface area contributed by atoms with Gasteiger partial charge < -0.3 is 4.42 Å². The summed E-state index contributed by atoms with van der Waals surface area (Å²) in [6, 6.07) is 14.2. The summed E-state index contributed by atoms with van der Waals surface area (Å²) in [5.41, 5.74) is 1.38. The zero-order chi connectivity index (χ0) is 19.5. The number of thioether (sulfide) groups is 1. The maximum Gasteiger partial charge on any atom is 0.253 e. The maximum absolute atomic E-state index is 14.0. The van der Waals surface area contributed by atoms with Gasteiger partial charge >= 0.3 is 0 Å². The molecular formula is C21H19FN2O2S2. The molecule has 144 valence electrons. The van der Waals surface area contributed by atoms with Gasteiger partial charge in [-0.25, -0.2) is 9.40 Å². The van der Waals surface area contributed by atoms with Gasteiger partial charge in [0.15, 0.2) is 0 Å². The number of amides is 1. The lowest BCUT2D eigenvalue weighted by Crippen LogP contribution is -2.28. The number of hydrazone groups is 1. The zero-order valence-electron chi connectivity index (χ0n) is 15.2. The van der Waals surface area contributed by atoms with E-state index in [1.165, 1.54) is 17.8 Å². The summed E-state index contributed by atoms with van der Waals surface area (Å²) < 4.78 is 19.5. The molecule has 0 saturated heterocycles. The molecule has 28 heavy (non-hydrogen) atoms. The van der Waals surface area contributed by atoms with Gasteiger partial charge in [-0.15, -0.1) is 23.1 Å². The summed E-state index contributed by atoms with van der Waals surface area (Å²) in [6.45, 7) is 1.91. The number of hydrogen-bond donors (Lipinski definition) is 0. The molecule has 2 atom stereocenters. The van der Waals surface area contributed by atoms with Crippen molar-refractivity contribution >= 4 is 34.7 Å². The van der Waals surface area contributed by atoms with Crippen LogP contribution >= 0.6 is 23.1 Å². The summed E-state index contributed by atoms with van der Waals surface area (Å²) in [4.78, 5) is 14.1. The predicted molar refractivity (Wildman–Crippen MR) is 111 cm³/mol. The molecule has 4 rings (SSSR count). The van der Waals surface area contributed by atoms with E-state index in [0.29, 0.717) is 17.7 Å². The molecule has 0 N–H and O–H groups in total. The van der Waals surface area contributed by atoms with Gasteiger partial charge in [0.05, 0.1) is 18.1 Å². The molecule has 3 aromatic rings. The lowest BCUT2D eigenvalue weighted by molar-refractivity contribution is -0.130.